The molecule has 0 radical (unpaired) electrons. The summed E-state index contributed by atoms with van der Waals surface area (Å²) in [6, 6.07) is 3.45. The molecule has 0 atom stereocenters. The monoisotopic (exact) mass is 283 g/mol. The van der Waals surface area contributed by atoms with Gasteiger partial charge >= 0.3 is 5.97 Å². The smallest absolute Gasteiger partial charge is 0.328 e. The van der Waals surface area contributed by atoms with Gasteiger partial charge in [0.2, 0.25) is 0 Å². The van der Waals surface area contributed by atoms with Gasteiger partial charge in [0.15, 0.2) is 0 Å². The molecule has 1 N–H and O–H groups in total. The van der Waals surface area contributed by atoms with Gasteiger partial charge in [0.25, 0.3) is 5.91 Å². The molecule has 0 fully saturated rings. The van der Waals surface area contributed by atoms with Gasteiger partial charge in [-0.3, -0.25) is 4.79 Å². The van der Waals surface area contributed by atoms with E-state index in [-0.39, 0.29) is 5.91 Å². The molecule has 1 heterocycles. The summed E-state index contributed by atoms with van der Waals surface area (Å²) in [6.45, 7) is 1.25. The molecule has 0 unspecified atom stereocenters. The van der Waals surface area contributed by atoms with Crippen LogP contribution in [0.3, 0.4) is 0 Å². The van der Waals surface area contributed by atoms with E-state index in [2.05, 4.69) is 0 Å². The number of carbonyl (C=O) groups excluding carboxylic acids is 1. The molecule has 0 bridgehead atoms. The third kappa shape index (κ3) is 5.23. The number of carboxylic acid groups (broad SMARTS) is 1. The highest BCUT2D eigenvalue weighted by atomic mass is 32.1. The highest BCUT2D eigenvalue weighted by Gasteiger charge is 2.13. The lowest BCUT2D eigenvalue weighted by Gasteiger charge is -2.15. The normalized spacial score (nSPS) is 10.8. The van der Waals surface area contributed by atoms with Crippen LogP contribution in [0.4, 0.5) is 0 Å². The Morgan fingerprint density at radius 3 is 2.84 bits per heavy atom. The molecular weight excluding hydrogens is 266 g/mol. The fraction of sp³-hybridized carbons (Fsp3) is 0.385. The zero-order valence-corrected chi connectivity index (χ0v) is 11.8. The Bertz CT molecular complexity index is 467. The van der Waals surface area contributed by atoms with E-state index in [0.29, 0.717) is 18.0 Å². The predicted octanol–water partition coefficient (Wildman–Crippen LogP) is 1.95. The van der Waals surface area contributed by atoms with Gasteiger partial charge in [0, 0.05) is 38.3 Å². The molecule has 6 heteroatoms. The molecule has 1 rings (SSSR count). The average Bonchev–Trinajstić information content (AvgIpc) is 2.84. The van der Waals surface area contributed by atoms with E-state index in [1.165, 1.54) is 17.4 Å². The Hall–Kier alpha value is -1.66. The number of carboxylic acids is 1. The summed E-state index contributed by atoms with van der Waals surface area (Å²) in [4.78, 5) is 25.4. The van der Waals surface area contributed by atoms with E-state index in [1.807, 2.05) is 0 Å². The topological polar surface area (TPSA) is 66.8 Å². The van der Waals surface area contributed by atoms with Crippen molar-refractivity contribution in [3.8, 4) is 0 Å². The zero-order valence-electron chi connectivity index (χ0n) is 11.0. The summed E-state index contributed by atoms with van der Waals surface area (Å²) in [5.74, 6) is -1.06. The third-order valence-corrected chi connectivity index (χ3v) is 3.45. The van der Waals surface area contributed by atoms with Crippen LogP contribution in [0, 0.1) is 0 Å². The van der Waals surface area contributed by atoms with Gasteiger partial charge in [-0.25, -0.2) is 4.79 Å². The number of hydrogen-bond acceptors (Lipinski definition) is 4. The molecule has 0 saturated heterocycles. The quantitative estimate of drug-likeness (QED) is 0.613. The summed E-state index contributed by atoms with van der Waals surface area (Å²) < 4.78 is 4.94. The first-order valence-electron chi connectivity index (χ1n) is 5.80. The number of carbonyl (C=O) groups is 2. The number of aliphatic carboxylic acids is 1. The van der Waals surface area contributed by atoms with Gasteiger partial charge in [0.1, 0.15) is 0 Å². The first-order valence-corrected chi connectivity index (χ1v) is 6.61. The first kappa shape index (κ1) is 15.4. The van der Waals surface area contributed by atoms with Crippen LogP contribution in [0.15, 0.2) is 18.2 Å². The van der Waals surface area contributed by atoms with Crippen LogP contribution in [0.25, 0.3) is 6.08 Å². The molecule has 1 amide bonds. The molecule has 0 aliphatic rings. The van der Waals surface area contributed by atoms with Gasteiger partial charge in [-0.05, 0) is 24.6 Å². The Labute approximate surface area is 116 Å². The number of nitrogens with zero attached hydrogens (tertiary/aromatic N) is 1. The fourth-order valence-corrected chi connectivity index (χ4v) is 2.35. The molecule has 0 aliphatic heterocycles. The van der Waals surface area contributed by atoms with Crippen LogP contribution in [0.5, 0.6) is 0 Å². The lowest BCUT2D eigenvalue weighted by molar-refractivity contribution is -0.131. The number of hydrogen-bond donors (Lipinski definition) is 1. The van der Waals surface area contributed by atoms with Crippen LogP contribution in [0.2, 0.25) is 0 Å². The lowest BCUT2D eigenvalue weighted by Crippen LogP contribution is -2.27. The molecule has 19 heavy (non-hydrogen) atoms. The van der Waals surface area contributed by atoms with Crippen LogP contribution >= 0.6 is 11.3 Å². The molecule has 0 aliphatic carbocycles. The minimum Gasteiger partial charge on any atom is -0.478 e. The van der Waals surface area contributed by atoms with Gasteiger partial charge in [0.05, 0.1) is 4.88 Å². The Morgan fingerprint density at radius 1 is 1.47 bits per heavy atom. The Kier molecular flexibility index (Phi) is 6.24. The third-order valence-electron chi connectivity index (χ3n) is 2.42. The van der Waals surface area contributed by atoms with Crippen LogP contribution in [-0.2, 0) is 9.53 Å². The molecule has 1 aromatic heterocycles. The van der Waals surface area contributed by atoms with E-state index in [4.69, 9.17) is 9.84 Å². The second-order valence-corrected chi connectivity index (χ2v) is 5.06. The number of thiophene rings is 1. The van der Waals surface area contributed by atoms with Crippen LogP contribution in [0.1, 0.15) is 21.0 Å². The van der Waals surface area contributed by atoms with E-state index in [0.717, 1.165) is 17.4 Å². The first-order chi connectivity index (χ1) is 9.04. The highest BCUT2D eigenvalue weighted by molar-refractivity contribution is 7.14. The zero-order chi connectivity index (χ0) is 14.3. The second kappa shape index (κ2) is 7.70. The van der Waals surface area contributed by atoms with Crippen molar-refractivity contribution in [3.05, 3.63) is 28.0 Å². The summed E-state index contributed by atoms with van der Waals surface area (Å²) in [5.41, 5.74) is 0. The number of ether oxygens (including phenoxy) is 1. The van der Waals surface area contributed by atoms with Crippen molar-refractivity contribution >= 4 is 29.3 Å². The molecule has 5 nitrogen and oxygen atoms in total. The molecule has 104 valence electrons. The van der Waals surface area contributed by atoms with Crippen molar-refractivity contribution in [2.75, 3.05) is 27.3 Å². The van der Waals surface area contributed by atoms with Crippen molar-refractivity contribution < 1.29 is 19.4 Å². The maximum absolute atomic E-state index is 12.0. The number of rotatable bonds is 7. The number of methoxy groups -OCH3 is 1. The van der Waals surface area contributed by atoms with Crippen molar-refractivity contribution in [1.29, 1.82) is 0 Å². The standard InChI is InChI=1S/C13H17NO4S/c1-14(8-3-9-18-2)13(17)11-6-4-10(19-11)5-7-12(15)16/h4-7H,3,8-9H2,1-2H3,(H,15,16). The van der Waals surface area contributed by atoms with Gasteiger partial charge in [-0.15, -0.1) is 11.3 Å². The fourth-order valence-electron chi connectivity index (χ4n) is 1.45. The summed E-state index contributed by atoms with van der Waals surface area (Å²) >= 11 is 1.28. The van der Waals surface area contributed by atoms with Gasteiger partial charge in [-0.1, -0.05) is 0 Å². The van der Waals surface area contributed by atoms with Crippen molar-refractivity contribution in [3.63, 3.8) is 0 Å². The Morgan fingerprint density at radius 2 is 2.21 bits per heavy atom. The molecular formula is C13H17NO4S. The highest BCUT2D eigenvalue weighted by Crippen LogP contribution is 2.19. The molecule has 0 spiro atoms. The van der Waals surface area contributed by atoms with E-state index in [1.54, 1.807) is 31.2 Å². The summed E-state index contributed by atoms with van der Waals surface area (Å²) in [6.07, 6.45) is 3.33. The number of amides is 1. The van der Waals surface area contributed by atoms with E-state index in [9.17, 15) is 9.59 Å². The van der Waals surface area contributed by atoms with Crippen LogP contribution < -0.4 is 0 Å². The molecule has 0 saturated carbocycles. The Balaban J connectivity index is 2.60. The average molecular weight is 283 g/mol. The van der Waals surface area contributed by atoms with Crippen molar-refractivity contribution in [2.45, 2.75) is 6.42 Å². The second-order valence-electron chi connectivity index (χ2n) is 3.95. The molecule has 1 aromatic rings. The minimum atomic E-state index is -1.00. The summed E-state index contributed by atoms with van der Waals surface area (Å²) in [7, 11) is 3.37. The SMILES string of the molecule is COCCCN(C)C(=O)c1ccc(C=CC(=O)O)s1. The van der Waals surface area contributed by atoms with Gasteiger partial charge < -0.3 is 14.7 Å². The van der Waals surface area contributed by atoms with Crippen molar-refractivity contribution in [2.24, 2.45) is 0 Å². The van der Waals surface area contributed by atoms with E-state index < -0.39 is 5.97 Å². The maximum Gasteiger partial charge on any atom is 0.328 e. The molecule has 0 aromatic carbocycles. The van der Waals surface area contributed by atoms with Crippen molar-refractivity contribution in [1.82, 2.24) is 4.90 Å². The lowest BCUT2D eigenvalue weighted by atomic mass is 10.3. The van der Waals surface area contributed by atoms with Crippen LogP contribution in [-0.4, -0.2) is 49.2 Å². The largest absolute Gasteiger partial charge is 0.478 e. The predicted molar refractivity (Wildman–Crippen MR) is 74.4 cm³/mol. The minimum absolute atomic E-state index is 0.0592. The van der Waals surface area contributed by atoms with Gasteiger partial charge in [-0.2, -0.15) is 0 Å². The van der Waals surface area contributed by atoms with E-state index >= 15 is 0 Å². The maximum atomic E-state index is 12.0. The summed E-state index contributed by atoms with van der Waals surface area (Å²) in [5, 5.41) is 8.53.